The molecular weight excluding hydrogens is 521 g/mol. The van der Waals surface area contributed by atoms with Gasteiger partial charge in [-0.25, -0.2) is 8.42 Å². The van der Waals surface area contributed by atoms with Gasteiger partial charge in [0.25, 0.3) is 10.0 Å². The molecule has 0 unspecified atom stereocenters. The van der Waals surface area contributed by atoms with E-state index in [0.29, 0.717) is 10.0 Å². The molecule has 0 aliphatic rings. The molecule has 190 valence electrons. The zero-order valence-corrected chi connectivity index (χ0v) is 22.4. The Morgan fingerprint density at radius 3 is 1.94 bits per heavy atom. The van der Waals surface area contributed by atoms with Crippen LogP contribution in [0.1, 0.15) is 18.1 Å². The van der Waals surface area contributed by atoms with Gasteiger partial charge in [-0.15, -0.1) is 0 Å². The molecule has 0 fully saturated rings. The van der Waals surface area contributed by atoms with Crippen molar-refractivity contribution in [3.05, 3.63) is 94.0 Å². The predicted molar refractivity (Wildman–Crippen MR) is 143 cm³/mol. The van der Waals surface area contributed by atoms with Crippen LogP contribution in [0.25, 0.3) is 0 Å². The Morgan fingerprint density at radius 1 is 0.889 bits per heavy atom. The molecule has 0 heterocycles. The molecule has 0 aliphatic heterocycles. The average Bonchev–Trinajstić information content (AvgIpc) is 2.86. The van der Waals surface area contributed by atoms with Crippen molar-refractivity contribution in [2.75, 3.05) is 17.9 Å². The molecule has 0 radical (unpaired) electrons. The van der Waals surface area contributed by atoms with Crippen LogP contribution < -0.4 is 9.62 Å². The number of halogens is 2. The van der Waals surface area contributed by atoms with E-state index < -0.39 is 28.5 Å². The van der Waals surface area contributed by atoms with E-state index in [-0.39, 0.29) is 23.0 Å². The van der Waals surface area contributed by atoms with Crippen molar-refractivity contribution < 1.29 is 18.0 Å². The molecule has 10 heteroatoms. The number of amides is 2. The van der Waals surface area contributed by atoms with Crippen molar-refractivity contribution in [3.63, 3.8) is 0 Å². The van der Waals surface area contributed by atoms with Crippen LogP contribution in [-0.2, 0) is 26.2 Å². The SMILES string of the molecule is CNC(=O)[C@H](C)N(Cc1ccc(Cl)cc1)C(=O)CN(c1ccc(Cl)cc1)S(=O)(=O)c1ccc(C)cc1. The summed E-state index contributed by atoms with van der Waals surface area (Å²) in [5.74, 6) is -0.927. The average molecular weight is 548 g/mol. The Labute approximate surface area is 221 Å². The molecular formula is C26H27Cl2N3O4S. The number of anilines is 1. The van der Waals surface area contributed by atoms with Crippen LogP contribution in [0.15, 0.2) is 77.7 Å². The summed E-state index contributed by atoms with van der Waals surface area (Å²) in [7, 11) is -2.64. The minimum absolute atomic E-state index is 0.0412. The number of nitrogens with zero attached hydrogens (tertiary/aromatic N) is 2. The number of benzene rings is 3. The molecule has 36 heavy (non-hydrogen) atoms. The van der Waals surface area contributed by atoms with E-state index in [1.807, 2.05) is 6.92 Å². The Hall–Kier alpha value is -3.07. The fourth-order valence-electron chi connectivity index (χ4n) is 3.55. The summed E-state index contributed by atoms with van der Waals surface area (Å²) in [5, 5.41) is 3.51. The Kier molecular flexibility index (Phi) is 9.00. The van der Waals surface area contributed by atoms with Gasteiger partial charge in [-0.1, -0.05) is 53.0 Å². The molecule has 0 bridgehead atoms. The van der Waals surface area contributed by atoms with Crippen molar-refractivity contribution >= 4 is 50.7 Å². The number of carbonyl (C=O) groups is 2. The van der Waals surface area contributed by atoms with Crippen LogP contribution in [0.2, 0.25) is 10.0 Å². The molecule has 1 atom stereocenters. The third kappa shape index (κ3) is 6.57. The van der Waals surface area contributed by atoms with E-state index >= 15 is 0 Å². The second-order valence-corrected chi connectivity index (χ2v) is 11.0. The van der Waals surface area contributed by atoms with Crippen molar-refractivity contribution in [2.45, 2.75) is 31.3 Å². The number of aryl methyl sites for hydroxylation is 1. The van der Waals surface area contributed by atoms with Gasteiger partial charge in [0.15, 0.2) is 0 Å². The first-order valence-corrected chi connectivity index (χ1v) is 13.3. The van der Waals surface area contributed by atoms with Crippen molar-refractivity contribution in [1.29, 1.82) is 0 Å². The molecule has 0 aromatic heterocycles. The number of carbonyl (C=O) groups excluding carboxylic acids is 2. The van der Waals surface area contributed by atoms with Crippen LogP contribution in [0.3, 0.4) is 0 Å². The molecule has 3 aromatic carbocycles. The summed E-state index contributed by atoms with van der Waals surface area (Å²) in [6.45, 7) is 3.01. The van der Waals surface area contributed by atoms with E-state index in [2.05, 4.69) is 5.32 Å². The maximum absolute atomic E-state index is 13.7. The van der Waals surface area contributed by atoms with E-state index in [1.54, 1.807) is 55.5 Å². The van der Waals surface area contributed by atoms with Gasteiger partial charge >= 0.3 is 0 Å². The van der Waals surface area contributed by atoms with Crippen molar-refractivity contribution in [1.82, 2.24) is 10.2 Å². The lowest BCUT2D eigenvalue weighted by Gasteiger charge is -2.31. The maximum atomic E-state index is 13.7. The monoisotopic (exact) mass is 547 g/mol. The number of nitrogens with one attached hydrogen (secondary N) is 1. The van der Waals surface area contributed by atoms with Gasteiger partial charge in [-0.3, -0.25) is 13.9 Å². The zero-order valence-electron chi connectivity index (χ0n) is 20.1. The van der Waals surface area contributed by atoms with Gasteiger partial charge in [0, 0.05) is 23.6 Å². The molecule has 0 saturated heterocycles. The summed E-state index contributed by atoms with van der Waals surface area (Å²) in [6.07, 6.45) is 0. The van der Waals surface area contributed by atoms with Crippen LogP contribution in [-0.4, -0.2) is 44.8 Å². The van der Waals surface area contributed by atoms with Crippen LogP contribution in [0, 0.1) is 6.92 Å². The molecule has 0 spiro atoms. The number of rotatable bonds is 9. The number of likely N-dealkylation sites (N-methyl/N-ethyl adjacent to an activating group) is 1. The minimum atomic E-state index is -4.12. The minimum Gasteiger partial charge on any atom is -0.357 e. The Morgan fingerprint density at radius 2 is 1.42 bits per heavy atom. The first-order chi connectivity index (χ1) is 17.0. The summed E-state index contributed by atoms with van der Waals surface area (Å²) in [6, 6.07) is 18.6. The lowest BCUT2D eigenvalue weighted by molar-refractivity contribution is -0.139. The van der Waals surface area contributed by atoms with Crippen LogP contribution in [0.5, 0.6) is 0 Å². The second kappa shape index (κ2) is 11.8. The highest BCUT2D eigenvalue weighted by Gasteiger charge is 2.32. The van der Waals surface area contributed by atoms with Gasteiger partial charge in [0.1, 0.15) is 12.6 Å². The van der Waals surface area contributed by atoms with Crippen LogP contribution in [0.4, 0.5) is 5.69 Å². The largest absolute Gasteiger partial charge is 0.357 e. The second-order valence-electron chi connectivity index (χ2n) is 8.24. The first-order valence-electron chi connectivity index (χ1n) is 11.1. The van der Waals surface area contributed by atoms with E-state index in [0.717, 1.165) is 15.4 Å². The molecule has 0 saturated carbocycles. The number of hydrogen-bond donors (Lipinski definition) is 1. The van der Waals surface area contributed by atoms with Gasteiger partial charge in [0.2, 0.25) is 11.8 Å². The molecule has 0 aliphatic carbocycles. The standard InChI is InChI=1S/C26H27Cl2N3O4S/c1-18-4-14-24(15-5-18)36(34,35)31(23-12-10-22(28)11-13-23)17-25(32)30(19(2)26(33)29-3)16-20-6-8-21(27)9-7-20/h4-15,19H,16-17H2,1-3H3,(H,29,33)/t19-/m0/s1. The fourth-order valence-corrected chi connectivity index (χ4v) is 5.22. The Bertz CT molecular complexity index is 1310. The molecule has 7 nitrogen and oxygen atoms in total. The third-order valence-electron chi connectivity index (χ3n) is 5.68. The highest BCUT2D eigenvalue weighted by molar-refractivity contribution is 7.92. The van der Waals surface area contributed by atoms with E-state index in [1.165, 1.54) is 36.2 Å². The summed E-state index contributed by atoms with van der Waals surface area (Å²) < 4.78 is 28.4. The van der Waals surface area contributed by atoms with Gasteiger partial charge in [0.05, 0.1) is 10.6 Å². The van der Waals surface area contributed by atoms with E-state index in [4.69, 9.17) is 23.2 Å². The molecule has 3 aromatic rings. The van der Waals surface area contributed by atoms with Crippen LogP contribution >= 0.6 is 23.2 Å². The van der Waals surface area contributed by atoms with Gasteiger partial charge in [-0.05, 0) is 67.9 Å². The van der Waals surface area contributed by atoms with Gasteiger partial charge < -0.3 is 10.2 Å². The maximum Gasteiger partial charge on any atom is 0.264 e. The highest BCUT2D eigenvalue weighted by atomic mass is 35.5. The zero-order chi connectivity index (χ0) is 26.5. The quantitative estimate of drug-likeness (QED) is 0.422. The number of hydrogen-bond acceptors (Lipinski definition) is 4. The highest BCUT2D eigenvalue weighted by Crippen LogP contribution is 2.26. The summed E-state index contributed by atoms with van der Waals surface area (Å²) >= 11 is 12.0. The predicted octanol–water partition coefficient (Wildman–Crippen LogP) is 4.66. The lowest BCUT2D eigenvalue weighted by atomic mass is 10.1. The molecule has 1 N–H and O–H groups in total. The van der Waals surface area contributed by atoms with Gasteiger partial charge in [-0.2, -0.15) is 0 Å². The van der Waals surface area contributed by atoms with Crippen molar-refractivity contribution in [2.24, 2.45) is 0 Å². The Balaban J connectivity index is 2.01. The number of sulfonamides is 1. The topological polar surface area (TPSA) is 86.8 Å². The molecule has 2 amide bonds. The summed E-state index contributed by atoms with van der Waals surface area (Å²) in [4.78, 5) is 27.5. The normalized spacial score (nSPS) is 12.0. The third-order valence-corrected chi connectivity index (χ3v) is 7.97. The fraction of sp³-hybridized carbons (Fsp3) is 0.231. The summed E-state index contributed by atoms with van der Waals surface area (Å²) in [5.41, 5.74) is 1.91. The van der Waals surface area contributed by atoms with Crippen molar-refractivity contribution in [3.8, 4) is 0 Å². The lowest BCUT2D eigenvalue weighted by Crippen LogP contribution is -2.50. The van der Waals surface area contributed by atoms with E-state index in [9.17, 15) is 18.0 Å². The molecule has 3 rings (SSSR count). The smallest absolute Gasteiger partial charge is 0.264 e. The first kappa shape index (κ1) is 27.5.